The predicted molar refractivity (Wildman–Crippen MR) is 48.5 cm³/mol. The third kappa shape index (κ3) is 2.85. The second-order valence-corrected chi connectivity index (χ2v) is 3.05. The van der Waals surface area contributed by atoms with Crippen molar-refractivity contribution in [2.75, 3.05) is 5.73 Å². The van der Waals surface area contributed by atoms with E-state index in [0.717, 1.165) is 12.1 Å². The van der Waals surface area contributed by atoms with Gasteiger partial charge in [0.2, 0.25) is 0 Å². The maximum Gasteiger partial charge on any atom is 1.00 e. The molecule has 7 heteroatoms. The number of carboxylic acid groups (broad SMARTS) is 1. The Morgan fingerprint density at radius 2 is 2.07 bits per heavy atom. The molecule has 0 amide bonds. The van der Waals surface area contributed by atoms with E-state index in [2.05, 4.69) is 0 Å². The van der Waals surface area contributed by atoms with Crippen molar-refractivity contribution in [3.8, 4) is 0 Å². The summed E-state index contributed by atoms with van der Waals surface area (Å²) in [6.07, 6.45) is 0. The Kier molecular flexibility index (Phi) is 4.59. The van der Waals surface area contributed by atoms with Gasteiger partial charge in [0.05, 0.1) is 5.56 Å². The number of alkyl halides is 2. The number of nitrogens with two attached hydrogens (primary N) is 1. The average Bonchev–Trinajstić information content (AvgIpc) is 2.08. The van der Waals surface area contributed by atoms with Crippen molar-refractivity contribution in [2.24, 2.45) is 0 Å². The van der Waals surface area contributed by atoms with Crippen LogP contribution in [0.5, 0.6) is 0 Å². The van der Waals surface area contributed by atoms with Gasteiger partial charge in [0.1, 0.15) is 0 Å². The first-order chi connectivity index (χ1) is 6.35. The van der Waals surface area contributed by atoms with Crippen molar-refractivity contribution < 1.29 is 39.0 Å². The van der Waals surface area contributed by atoms with Crippen LogP contribution in [0.15, 0.2) is 18.2 Å². The van der Waals surface area contributed by atoms with E-state index in [1.807, 2.05) is 0 Å². The molecule has 0 bridgehead atoms. The van der Waals surface area contributed by atoms with Gasteiger partial charge in [-0.1, -0.05) is 11.6 Å². The molecular formula is C8H7ClF2LiNO2. The summed E-state index contributed by atoms with van der Waals surface area (Å²) < 4.78 is 26.0. The van der Waals surface area contributed by atoms with Crippen LogP contribution in [0.25, 0.3) is 0 Å². The number of aliphatic carboxylic acids is 1. The summed E-state index contributed by atoms with van der Waals surface area (Å²) in [7, 11) is 0. The van der Waals surface area contributed by atoms with Crippen molar-refractivity contribution in [3.63, 3.8) is 0 Å². The summed E-state index contributed by atoms with van der Waals surface area (Å²) >= 11 is 5.45. The first kappa shape index (κ1) is 14.2. The molecule has 0 aliphatic heterocycles. The number of anilines is 1. The maximum absolute atomic E-state index is 13.0. The Morgan fingerprint density at radius 3 is 2.53 bits per heavy atom. The normalized spacial score (nSPS) is 10.6. The molecule has 0 unspecified atom stereocenters. The number of rotatable bonds is 2. The topological polar surface area (TPSA) is 63.3 Å². The van der Waals surface area contributed by atoms with Gasteiger partial charge in [0.15, 0.2) is 0 Å². The third-order valence-electron chi connectivity index (χ3n) is 1.62. The molecule has 0 aromatic heterocycles. The minimum absolute atomic E-state index is 0. The molecular weight excluding hydrogens is 222 g/mol. The molecule has 3 nitrogen and oxygen atoms in total. The first-order valence-corrected chi connectivity index (χ1v) is 3.90. The van der Waals surface area contributed by atoms with Gasteiger partial charge in [-0.3, -0.25) is 0 Å². The van der Waals surface area contributed by atoms with E-state index < -0.39 is 17.5 Å². The molecule has 1 rings (SSSR count). The number of benzene rings is 1. The van der Waals surface area contributed by atoms with Crippen LogP contribution in [0.4, 0.5) is 14.5 Å². The van der Waals surface area contributed by atoms with E-state index in [1.165, 1.54) is 6.07 Å². The summed E-state index contributed by atoms with van der Waals surface area (Å²) in [5.41, 5.74) is 4.11. The fourth-order valence-corrected chi connectivity index (χ4v) is 1.09. The largest absolute Gasteiger partial charge is 1.00 e. The van der Waals surface area contributed by atoms with Crippen molar-refractivity contribution >= 4 is 23.3 Å². The van der Waals surface area contributed by atoms with Gasteiger partial charge >= 0.3 is 30.8 Å². The number of nitrogen functional groups attached to an aromatic ring is 1. The van der Waals surface area contributed by atoms with E-state index in [-0.39, 0.29) is 31.0 Å². The van der Waals surface area contributed by atoms with Crippen LogP contribution >= 0.6 is 11.6 Å². The van der Waals surface area contributed by atoms with Gasteiger partial charge in [0.25, 0.3) is 0 Å². The van der Waals surface area contributed by atoms with E-state index in [4.69, 9.17) is 22.4 Å². The van der Waals surface area contributed by atoms with Gasteiger partial charge in [-0.2, -0.15) is 8.78 Å². The molecule has 0 atom stereocenters. The summed E-state index contributed by atoms with van der Waals surface area (Å²) in [4.78, 5) is 10.2. The van der Waals surface area contributed by atoms with Crippen LogP contribution in [0.1, 0.15) is 6.99 Å². The average molecular weight is 230 g/mol. The predicted octanol–water partition coefficient (Wildman–Crippen LogP) is -0.785. The van der Waals surface area contributed by atoms with Crippen molar-refractivity contribution in [1.82, 2.24) is 0 Å². The Bertz CT molecular complexity index is 392. The molecule has 0 fully saturated rings. The van der Waals surface area contributed by atoms with Gasteiger partial charge in [-0.15, -0.1) is 0 Å². The molecule has 0 aliphatic rings. The van der Waals surface area contributed by atoms with Crippen LogP contribution in [0.2, 0.25) is 5.02 Å². The molecule has 0 radical (unpaired) electrons. The number of carbonyl (C=O) groups is 1. The molecule has 1 aromatic rings. The molecule has 78 valence electrons. The van der Waals surface area contributed by atoms with Gasteiger partial charge in [-0.05, 0) is 18.2 Å². The minimum atomic E-state index is -4.02. The fourth-order valence-electron chi connectivity index (χ4n) is 0.916. The maximum atomic E-state index is 13.0. The number of carboxylic acids is 1. The summed E-state index contributed by atoms with van der Waals surface area (Å²) in [6, 6.07) is 3.28. The van der Waals surface area contributed by atoms with E-state index in [9.17, 15) is 13.6 Å². The number of halogens is 3. The van der Waals surface area contributed by atoms with E-state index >= 15 is 0 Å². The molecule has 0 saturated carbocycles. The van der Waals surface area contributed by atoms with Crippen molar-refractivity contribution in [1.29, 1.82) is 0 Å². The zero-order valence-electron chi connectivity index (χ0n) is 8.80. The summed E-state index contributed by atoms with van der Waals surface area (Å²) in [5.74, 6) is -6.28. The number of hydrogen-bond donors (Lipinski definition) is 2. The van der Waals surface area contributed by atoms with Crippen molar-refractivity contribution in [3.05, 3.63) is 28.8 Å². The monoisotopic (exact) mass is 229 g/mol. The van der Waals surface area contributed by atoms with Crippen LogP contribution in [-0.4, -0.2) is 11.1 Å². The van der Waals surface area contributed by atoms with Gasteiger partial charge in [-0.25, -0.2) is 4.79 Å². The zero-order valence-corrected chi connectivity index (χ0v) is 8.55. The third-order valence-corrected chi connectivity index (χ3v) is 1.86. The summed E-state index contributed by atoms with van der Waals surface area (Å²) in [5, 5.41) is 8.27. The van der Waals surface area contributed by atoms with Crippen LogP contribution in [-0.2, 0) is 10.7 Å². The minimum Gasteiger partial charge on any atom is -1.00 e. The standard InChI is InChI=1S/C8H6ClF2NO2.Li.H/c9-4-1-2-6(12)5(3-4)8(10,11)7(13)14;;/h1-3H,12H2,(H,13,14);;/q;+1;-1. The molecule has 15 heavy (non-hydrogen) atoms. The quantitative estimate of drug-likeness (QED) is 0.516. The SMILES string of the molecule is Nc1ccc(Cl)cc1C(F)(F)C(=O)O.[H-].[Li+]. The fraction of sp³-hybridized carbons (Fsp3) is 0.125. The molecule has 1 aromatic carbocycles. The second-order valence-electron chi connectivity index (χ2n) is 2.61. The van der Waals surface area contributed by atoms with E-state index in [1.54, 1.807) is 0 Å². The second kappa shape index (κ2) is 4.84. The van der Waals surface area contributed by atoms with Gasteiger partial charge < -0.3 is 12.3 Å². The Labute approximate surface area is 103 Å². The Morgan fingerprint density at radius 1 is 1.53 bits per heavy atom. The van der Waals surface area contributed by atoms with Crippen LogP contribution < -0.4 is 24.6 Å². The van der Waals surface area contributed by atoms with Crippen LogP contribution in [0, 0.1) is 0 Å². The molecule has 0 saturated heterocycles. The van der Waals surface area contributed by atoms with Crippen LogP contribution in [0.3, 0.4) is 0 Å². The summed E-state index contributed by atoms with van der Waals surface area (Å²) in [6.45, 7) is 0. The number of hydrogen-bond acceptors (Lipinski definition) is 2. The molecule has 0 spiro atoms. The first-order valence-electron chi connectivity index (χ1n) is 3.52. The van der Waals surface area contributed by atoms with E-state index in [0.29, 0.717) is 0 Å². The zero-order chi connectivity index (χ0) is 10.9. The Hall–Kier alpha value is -0.763. The molecule has 0 aliphatic carbocycles. The smallest absolute Gasteiger partial charge is 1.00 e. The van der Waals surface area contributed by atoms with Gasteiger partial charge in [0, 0.05) is 10.7 Å². The molecule has 0 heterocycles. The molecule has 3 N–H and O–H groups in total. The van der Waals surface area contributed by atoms with Crippen molar-refractivity contribution in [2.45, 2.75) is 5.92 Å². The Balaban J connectivity index is 0.